The first-order valence-electron chi connectivity index (χ1n) is 10.9. The molecule has 3 aliphatic heterocycles. The Balaban J connectivity index is 1.66. The molecule has 7 heteroatoms. The highest BCUT2D eigenvalue weighted by Gasteiger charge is 2.73. The molecule has 0 radical (unpaired) electrons. The predicted molar refractivity (Wildman–Crippen MR) is 108 cm³/mol. The van der Waals surface area contributed by atoms with E-state index in [4.69, 9.17) is 4.74 Å². The number of rotatable bonds is 4. The van der Waals surface area contributed by atoms with Crippen LogP contribution in [0.5, 0.6) is 0 Å². The van der Waals surface area contributed by atoms with Crippen LogP contribution in [0.1, 0.15) is 60.3 Å². The van der Waals surface area contributed by atoms with E-state index < -0.39 is 35.1 Å². The maximum absolute atomic E-state index is 13.5. The van der Waals surface area contributed by atoms with Gasteiger partial charge in [0, 0.05) is 17.6 Å². The Morgan fingerprint density at radius 3 is 2.45 bits per heavy atom. The molecule has 0 unspecified atom stereocenters. The largest absolute Gasteiger partial charge is 0.359 e. The van der Waals surface area contributed by atoms with Gasteiger partial charge in [-0.3, -0.25) is 14.4 Å². The first kappa shape index (κ1) is 20.4. The second-order valence-corrected chi connectivity index (χ2v) is 10.3. The number of likely N-dealkylation sites (tertiary alicyclic amines) is 1. The SMILES string of the molecule is CC(C)N1C(=O)[C@@H]2[C@H](C(=O)NC3CCCC3)[C@H]3C=C[C@@]2(O3)[C@H]1C(=O)NC(C)(C)C. The Labute approximate surface area is 172 Å². The minimum atomic E-state index is -1.07. The Kier molecular flexibility index (Phi) is 4.80. The number of nitrogens with one attached hydrogen (secondary N) is 2. The van der Waals surface area contributed by atoms with Crippen molar-refractivity contribution in [3.05, 3.63) is 12.2 Å². The molecular weight excluding hydrogens is 370 g/mol. The average molecular weight is 404 g/mol. The monoisotopic (exact) mass is 403 g/mol. The van der Waals surface area contributed by atoms with E-state index in [1.165, 1.54) is 0 Å². The number of ether oxygens (including phenoxy) is 1. The highest BCUT2D eigenvalue weighted by molar-refractivity contribution is 6.00. The smallest absolute Gasteiger partial charge is 0.246 e. The number of hydrogen-bond donors (Lipinski definition) is 2. The van der Waals surface area contributed by atoms with Gasteiger partial charge in [-0.05, 0) is 47.5 Å². The van der Waals surface area contributed by atoms with Crippen molar-refractivity contribution in [1.29, 1.82) is 0 Å². The quantitative estimate of drug-likeness (QED) is 0.697. The summed E-state index contributed by atoms with van der Waals surface area (Å²) < 4.78 is 6.29. The third kappa shape index (κ3) is 3.18. The Morgan fingerprint density at radius 1 is 1.21 bits per heavy atom. The second kappa shape index (κ2) is 6.83. The van der Waals surface area contributed by atoms with Crippen LogP contribution in [0.15, 0.2) is 12.2 Å². The lowest BCUT2D eigenvalue weighted by Gasteiger charge is -2.36. The number of carbonyl (C=O) groups is 3. The molecule has 3 heterocycles. The minimum absolute atomic E-state index is 0.118. The van der Waals surface area contributed by atoms with Gasteiger partial charge in [0.1, 0.15) is 11.6 Å². The Bertz CT molecular complexity index is 750. The summed E-state index contributed by atoms with van der Waals surface area (Å²) in [4.78, 5) is 41.6. The molecular formula is C22H33N3O4. The molecule has 160 valence electrons. The molecule has 3 amide bonds. The van der Waals surface area contributed by atoms with Crippen LogP contribution in [-0.4, -0.2) is 58.0 Å². The van der Waals surface area contributed by atoms with Gasteiger partial charge in [-0.15, -0.1) is 0 Å². The van der Waals surface area contributed by atoms with Gasteiger partial charge in [0.05, 0.1) is 17.9 Å². The molecule has 5 atom stereocenters. The third-order valence-corrected chi connectivity index (χ3v) is 6.62. The summed E-state index contributed by atoms with van der Waals surface area (Å²) in [6, 6.07) is -0.767. The average Bonchev–Trinajstić information content (AvgIpc) is 3.34. The summed E-state index contributed by atoms with van der Waals surface area (Å²) >= 11 is 0. The van der Waals surface area contributed by atoms with Gasteiger partial charge in [-0.25, -0.2) is 0 Å². The first-order chi connectivity index (χ1) is 13.5. The number of hydrogen-bond acceptors (Lipinski definition) is 4. The van der Waals surface area contributed by atoms with E-state index in [1.807, 2.05) is 46.8 Å². The molecule has 4 aliphatic rings. The fraction of sp³-hybridized carbons (Fsp3) is 0.773. The summed E-state index contributed by atoms with van der Waals surface area (Å²) in [7, 11) is 0. The highest BCUT2D eigenvalue weighted by Crippen LogP contribution is 2.55. The molecule has 2 N–H and O–H groups in total. The van der Waals surface area contributed by atoms with E-state index >= 15 is 0 Å². The number of nitrogens with zero attached hydrogens (tertiary/aromatic N) is 1. The molecule has 1 saturated carbocycles. The molecule has 0 aromatic carbocycles. The lowest BCUT2D eigenvalue weighted by Crippen LogP contribution is -2.59. The van der Waals surface area contributed by atoms with E-state index in [0.29, 0.717) is 0 Å². The van der Waals surface area contributed by atoms with E-state index in [2.05, 4.69) is 10.6 Å². The molecule has 1 spiro atoms. The molecule has 7 nitrogen and oxygen atoms in total. The zero-order chi connectivity index (χ0) is 21.1. The van der Waals surface area contributed by atoms with E-state index in [0.717, 1.165) is 25.7 Å². The predicted octanol–water partition coefficient (Wildman–Crippen LogP) is 1.52. The maximum Gasteiger partial charge on any atom is 0.246 e. The van der Waals surface area contributed by atoms with Gasteiger partial charge in [0.2, 0.25) is 17.7 Å². The summed E-state index contributed by atoms with van der Waals surface area (Å²) in [6.45, 7) is 9.54. The maximum atomic E-state index is 13.5. The van der Waals surface area contributed by atoms with Crippen molar-refractivity contribution in [2.45, 2.75) is 95.7 Å². The van der Waals surface area contributed by atoms with Crippen molar-refractivity contribution in [3.63, 3.8) is 0 Å². The van der Waals surface area contributed by atoms with E-state index in [9.17, 15) is 14.4 Å². The van der Waals surface area contributed by atoms with Crippen LogP contribution in [0, 0.1) is 11.8 Å². The molecule has 3 fully saturated rings. The number of fused-ring (bicyclic) bond motifs is 1. The fourth-order valence-corrected chi connectivity index (χ4v) is 5.57. The van der Waals surface area contributed by atoms with Crippen LogP contribution in [0.3, 0.4) is 0 Å². The summed E-state index contributed by atoms with van der Waals surface area (Å²) in [5, 5.41) is 6.15. The zero-order valence-corrected chi connectivity index (χ0v) is 18.0. The summed E-state index contributed by atoms with van der Waals surface area (Å²) in [5.74, 6) is -1.75. The van der Waals surface area contributed by atoms with Crippen molar-refractivity contribution < 1.29 is 19.1 Å². The second-order valence-electron chi connectivity index (χ2n) is 10.3. The van der Waals surface area contributed by atoms with Gasteiger partial charge in [0.15, 0.2) is 0 Å². The van der Waals surface area contributed by atoms with Crippen molar-refractivity contribution in [2.75, 3.05) is 0 Å². The van der Waals surface area contributed by atoms with Gasteiger partial charge < -0.3 is 20.3 Å². The highest BCUT2D eigenvalue weighted by atomic mass is 16.5. The van der Waals surface area contributed by atoms with E-state index in [1.54, 1.807) is 4.90 Å². The lowest BCUT2D eigenvalue weighted by molar-refractivity contribution is -0.144. The normalized spacial score (nSPS) is 36.2. The van der Waals surface area contributed by atoms with E-state index in [-0.39, 0.29) is 29.8 Å². The van der Waals surface area contributed by atoms with Crippen LogP contribution in [0.2, 0.25) is 0 Å². The Hall–Kier alpha value is -1.89. The Morgan fingerprint density at radius 2 is 1.86 bits per heavy atom. The van der Waals surface area contributed by atoms with Crippen LogP contribution < -0.4 is 10.6 Å². The molecule has 4 rings (SSSR count). The minimum Gasteiger partial charge on any atom is -0.359 e. The molecule has 0 aromatic heterocycles. The van der Waals surface area contributed by atoms with Crippen molar-refractivity contribution in [3.8, 4) is 0 Å². The van der Waals surface area contributed by atoms with Crippen LogP contribution in [0.4, 0.5) is 0 Å². The van der Waals surface area contributed by atoms with Crippen LogP contribution in [-0.2, 0) is 19.1 Å². The van der Waals surface area contributed by atoms with Crippen molar-refractivity contribution in [1.82, 2.24) is 15.5 Å². The van der Waals surface area contributed by atoms with Crippen molar-refractivity contribution >= 4 is 17.7 Å². The van der Waals surface area contributed by atoms with Gasteiger partial charge in [-0.2, -0.15) is 0 Å². The van der Waals surface area contributed by atoms with Crippen LogP contribution >= 0.6 is 0 Å². The van der Waals surface area contributed by atoms with Gasteiger partial charge >= 0.3 is 0 Å². The van der Waals surface area contributed by atoms with Crippen LogP contribution in [0.25, 0.3) is 0 Å². The molecule has 1 aliphatic carbocycles. The lowest BCUT2D eigenvalue weighted by atomic mass is 9.74. The third-order valence-electron chi connectivity index (χ3n) is 6.62. The molecule has 2 saturated heterocycles. The molecule has 2 bridgehead atoms. The fourth-order valence-electron chi connectivity index (χ4n) is 5.57. The summed E-state index contributed by atoms with van der Waals surface area (Å²) in [6.07, 6.45) is 7.48. The number of carbonyl (C=O) groups excluding carboxylic acids is 3. The standard InChI is InChI=1S/C22H33N3O4/c1-12(2)25-17(19(27)24-21(3,4)5)22-11-10-14(29-22)15(16(22)20(25)28)18(26)23-13-8-6-7-9-13/h10-17H,6-9H2,1-5H3,(H,23,26)(H,24,27)/t14-,15-,16+,17-,22+/m1/s1. The summed E-state index contributed by atoms with van der Waals surface area (Å²) in [5.41, 5.74) is -1.50. The zero-order valence-electron chi connectivity index (χ0n) is 18.0. The first-order valence-corrected chi connectivity index (χ1v) is 10.9. The molecule has 0 aromatic rings. The molecule has 29 heavy (non-hydrogen) atoms. The van der Waals surface area contributed by atoms with Gasteiger partial charge in [0.25, 0.3) is 0 Å². The van der Waals surface area contributed by atoms with Crippen molar-refractivity contribution in [2.24, 2.45) is 11.8 Å². The topological polar surface area (TPSA) is 87.7 Å². The number of amides is 3. The van der Waals surface area contributed by atoms with Gasteiger partial charge in [-0.1, -0.05) is 25.0 Å².